The molecule has 2 N–H and O–H groups in total. The van der Waals surface area contributed by atoms with Gasteiger partial charge >= 0.3 is 0 Å². The molecule has 0 atom stereocenters. The number of hydrogen-bond donors (Lipinski definition) is 1. The van der Waals surface area contributed by atoms with Gasteiger partial charge in [0, 0.05) is 23.1 Å². The second-order valence-electron chi connectivity index (χ2n) is 5.41. The minimum Gasteiger partial charge on any atom is -0.494 e. The third-order valence-corrected chi connectivity index (χ3v) is 4.46. The number of aromatic nitrogens is 1. The smallest absolute Gasteiger partial charge is 0.124 e. The zero-order valence-corrected chi connectivity index (χ0v) is 13.8. The summed E-state index contributed by atoms with van der Waals surface area (Å²) >= 11 is 1.62. The Morgan fingerprint density at radius 3 is 2.43 bits per heavy atom. The molecule has 2 rings (SSSR count). The molecule has 0 aliphatic heterocycles. The van der Waals surface area contributed by atoms with Gasteiger partial charge in [0.1, 0.15) is 10.8 Å². The van der Waals surface area contributed by atoms with E-state index in [4.69, 9.17) is 15.2 Å². The second-order valence-corrected chi connectivity index (χ2v) is 6.41. The van der Waals surface area contributed by atoms with Crippen LogP contribution in [0.3, 0.4) is 0 Å². The predicted molar refractivity (Wildman–Crippen MR) is 86.6 cm³/mol. The molecule has 1 aromatic carbocycles. The van der Waals surface area contributed by atoms with E-state index >= 15 is 0 Å². The monoisotopic (exact) mass is 306 g/mol. The van der Waals surface area contributed by atoms with Gasteiger partial charge in [-0.1, -0.05) is 0 Å². The van der Waals surface area contributed by atoms with Gasteiger partial charge in [-0.05, 0) is 45.0 Å². The molecule has 0 bridgehead atoms. The average molecular weight is 306 g/mol. The standard InChI is InChI=1S/C16H22N2O2S/c1-5-20-12-8-6-11(7-9-12)15-18-13(10-19-4)14(21-15)16(2,3)17/h6-9H,5,10,17H2,1-4H3. The third-order valence-electron chi connectivity index (χ3n) is 2.98. The molecule has 0 spiro atoms. The number of hydrogen-bond acceptors (Lipinski definition) is 5. The molecule has 5 heteroatoms. The average Bonchev–Trinajstić information content (AvgIpc) is 2.84. The maximum Gasteiger partial charge on any atom is 0.124 e. The Morgan fingerprint density at radius 2 is 1.90 bits per heavy atom. The van der Waals surface area contributed by atoms with Crippen molar-refractivity contribution in [2.45, 2.75) is 32.9 Å². The van der Waals surface area contributed by atoms with Gasteiger partial charge in [-0.15, -0.1) is 11.3 Å². The highest BCUT2D eigenvalue weighted by Crippen LogP contribution is 2.34. The molecule has 21 heavy (non-hydrogen) atoms. The molecule has 0 aliphatic carbocycles. The van der Waals surface area contributed by atoms with Crippen LogP contribution in [-0.2, 0) is 16.9 Å². The molecule has 114 valence electrons. The van der Waals surface area contributed by atoms with Crippen molar-refractivity contribution in [2.24, 2.45) is 5.73 Å². The summed E-state index contributed by atoms with van der Waals surface area (Å²) in [4.78, 5) is 5.75. The van der Waals surface area contributed by atoms with Crippen LogP contribution in [0.2, 0.25) is 0 Å². The number of ether oxygens (including phenoxy) is 2. The summed E-state index contributed by atoms with van der Waals surface area (Å²) in [7, 11) is 1.67. The Morgan fingerprint density at radius 1 is 1.24 bits per heavy atom. The SMILES string of the molecule is CCOc1ccc(-c2nc(COC)c(C(C)(C)N)s2)cc1. The van der Waals surface area contributed by atoms with E-state index < -0.39 is 5.54 Å². The van der Waals surface area contributed by atoms with Crippen LogP contribution in [0.4, 0.5) is 0 Å². The summed E-state index contributed by atoms with van der Waals surface area (Å²) in [6.45, 7) is 7.09. The van der Waals surface area contributed by atoms with Crippen LogP contribution in [0.1, 0.15) is 31.3 Å². The molecule has 0 amide bonds. The highest BCUT2D eigenvalue weighted by Gasteiger charge is 2.23. The fraction of sp³-hybridized carbons (Fsp3) is 0.438. The van der Waals surface area contributed by atoms with Crippen molar-refractivity contribution in [3.05, 3.63) is 34.8 Å². The van der Waals surface area contributed by atoms with Crippen LogP contribution in [0.15, 0.2) is 24.3 Å². The lowest BCUT2D eigenvalue weighted by atomic mass is 10.0. The van der Waals surface area contributed by atoms with Crippen molar-refractivity contribution >= 4 is 11.3 Å². The maximum atomic E-state index is 6.24. The Bertz CT molecular complexity index is 585. The Labute approximate surface area is 129 Å². The fourth-order valence-electron chi connectivity index (χ4n) is 2.07. The molecule has 2 aromatic rings. The molecule has 0 aliphatic rings. The lowest BCUT2D eigenvalue weighted by Gasteiger charge is -2.17. The lowest BCUT2D eigenvalue weighted by Crippen LogP contribution is -2.28. The normalized spacial score (nSPS) is 11.7. The Hall–Kier alpha value is -1.43. The van der Waals surface area contributed by atoms with Crippen molar-refractivity contribution in [1.29, 1.82) is 0 Å². The molecule has 0 saturated heterocycles. The highest BCUT2D eigenvalue weighted by atomic mass is 32.1. The molecule has 0 saturated carbocycles. The topological polar surface area (TPSA) is 57.4 Å². The van der Waals surface area contributed by atoms with Gasteiger partial charge in [0.25, 0.3) is 0 Å². The second kappa shape index (κ2) is 6.56. The molecule has 4 nitrogen and oxygen atoms in total. The van der Waals surface area contributed by atoms with Crippen molar-refractivity contribution in [3.8, 4) is 16.3 Å². The van der Waals surface area contributed by atoms with E-state index in [0.717, 1.165) is 26.9 Å². The Kier molecular flexibility index (Phi) is 4.98. The first-order valence-corrected chi connectivity index (χ1v) is 7.78. The van der Waals surface area contributed by atoms with E-state index in [1.165, 1.54) is 0 Å². The Balaban J connectivity index is 2.35. The largest absolute Gasteiger partial charge is 0.494 e. The minimum absolute atomic E-state index is 0.422. The fourth-order valence-corrected chi connectivity index (χ4v) is 3.16. The number of rotatable bonds is 6. The zero-order valence-electron chi connectivity index (χ0n) is 13.0. The van der Waals surface area contributed by atoms with Gasteiger partial charge in [-0.3, -0.25) is 0 Å². The maximum absolute atomic E-state index is 6.24. The van der Waals surface area contributed by atoms with Gasteiger partial charge in [-0.2, -0.15) is 0 Å². The molecule has 0 fully saturated rings. The van der Waals surface area contributed by atoms with E-state index in [1.807, 2.05) is 45.0 Å². The van der Waals surface area contributed by atoms with Crippen LogP contribution in [0.5, 0.6) is 5.75 Å². The first kappa shape index (κ1) is 15.9. The summed E-state index contributed by atoms with van der Waals surface area (Å²) in [5.74, 6) is 0.870. The first-order valence-electron chi connectivity index (χ1n) is 6.97. The number of nitrogens with zero attached hydrogens (tertiary/aromatic N) is 1. The number of nitrogens with two attached hydrogens (primary N) is 1. The van der Waals surface area contributed by atoms with Crippen LogP contribution in [-0.4, -0.2) is 18.7 Å². The van der Waals surface area contributed by atoms with Gasteiger partial charge in [-0.25, -0.2) is 4.98 Å². The van der Waals surface area contributed by atoms with E-state index in [0.29, 0.717) is 13.2 Å². The number of thiazole rings is 1. The van der Waals surface area contributed by atoms with Gasteiger partial charge in [0.2, 0.25) is 0 Å². The molecule has 1 aromatic heterocycles. The van der Waals surface area contributed by atoms with E-state index in [1.54, 1.807) is 18.4 Å². The van der Waals surface area contributed by atoms with Crippen molar-refractivity contribution in [2.75, 3.05) is 13.7 Å². The van der Waals surface area contributed by atoms with Gasteiger partial charge in [0.15, 0.2) is 0 Å². The summed E-state index contributed by atoms with van der Waals surface area (Å²) in [6.07, 6.45) is 0. The lowest BCUT2D eigenvalue weighted by molar-refractivity contribution is 0.180. The summed E-state index contributed by atoms with van der Waals surface area (Å²) in [6, 6.07) is 7.97. The van der Waals surface area contributed by atoms with Crippen molar-refractivity contribution in [1.82, 2.24) is 4.98 Å². The predicted octanol–water partition coefficient (Wildman–Crippen LogP) is 3.55. The van der Waals surface area contributed by atoms with Crippen molar-refractivity contribution in [3.63, 3.8) is 0 Å². The van der Waals surface area contributed by atoms with Crippen LogP contribution in [0.25, 0.3) is 10.6 Å². The van der Waals surface area contributed by atoms with Crippen LogP contribution >= 0.6 is 11.3 Å². The van der Waals surface area contributed by atoms with Crippen LogP contribution in [0, 0.1) is 0 Å². The van der Waals surface area contributed by atoms with Gasteiger partial charge in [0.05, 0.1) is 18.9 Å². The van der Waals surface area contributed by atoms with E-state index in [2.05, 4.69) is 4.98 Å². The van der Waals surface area contributed by atoms with E-state index in [-0.39, 0.29) is 0 Å². The summed E-state index contributed by atoms with van der Waals surface area (Å²) in [5, 5.41) is 0.957. The number of methoxy groups -OCH3 is 1. The summed E-state index contributed by atoms with van der Waals surface area (Å²) in [5.41, 5.74) is 7.80. The van der Waals surface area contributed by atoms with E-state index in [9.17, 15) is 0 Å². The van der Waals surface area contributed by atoms with Crippen molar-refractivity contribution < 1.29 is 9.47 Å². The van der Waals surface area contributed by atoms with Gasteiger partial charge < -0.3 is 15.2 Å². The quantitative estimate of drug-likeness (QED) is 0.886. The molecular weight excluding hydrogens is 284 g/mol. The van der Waals surface area contributed by atoms with Crippen LogP contribution < -0.4 is 10.5 Å². The highest BCUT2D eigenvalue weighted by molar-refractivity contribution is 7.15. The molecule has 0 radical (unpaired) electrons. The zero-order chi connectivity index (χ0) is 15.5. The summed E-state index contributed by atoms with van der Waals surface area (Å²) < 4.78 is 10.7. The minimum atomic E-state index is -0.422. The molecular formula is C16H22N2O2S. The molecule has 0 unspecified atom stereocenters. The molecule has 1 heterocycles. The third kappa shape index (κ3) is 3.81. The number of benzene rings is 1. The first-order chi connectivity index (χ1) is 9.95.